The topological polar surface area (TPSA) is 47.7 Å². The fourth-order valence-corrected chi connectivity index (χ4v) is 3.39. The van der Waals surface area contributed by atoms with Gasteiger partial charge in [0, 0.05) is 20.9 Å². The molecule has 2 nitrogen and oxygen atoms in total. The third-order valence-electron chi connectivity index (χ3n) is 2.78. The zero-order valence-electron chi connectivity index (χ0n) is 9.44. The van der Waals surface area contributed by atoms with Gasteiger partial charge in [-0.25, -0.2) is 0 Å². The number of allylic oxidation sites excluding steroid dienone is 4. The molecule has 0 unspecified atom stereocenters. The second-order valence-corrected chi connectivity index (χ2v) is 5.76. The van der Waals surface area contributed by atoms with Crippen molar-refractivity contribution in [3.8, 4) is 0 Å². The summed E-state index contributed by atoms with van der Waals surface area (Å²) in [5.74, 6) is 0. The van der Waals surface area contributed by atoms with E-state index in [-0.39, 0.29) is 0 Å². The first kappa shape index (κ1) is 11.3. The second kappa shape index (κ2) is 4.48. The van der Waals surface area contributed by atoms with Crippen LogP contribution >= 0.6 is 22.7 Å². The fraction of sp³-hybridized carbons (Fsp3) is 0. The predicted octanol–water partition coefficient (Wildman–Crippen LogP) is 4.33. The molecule has 0 aliphatic heterocycles. The first-order chi connectivity index (χ1) is 8.77. The molecule has 0 fully saturated rings. The highest BCUT2D eigenvalue weighted by Gasteiger charge is 2.21. The molecule has 0 spiro atoms. The standard InChI is InChI=1S/C14H10N2S2/c15-13-9(11-3-1-7-17-11)5-6-10(14(13)16)12-4-2-8-18-12/h1-8,15-16H. The molecule has 4 heteroatoms. The molecule has 3 rings (SSSR count). The Balaban J connectivity index is 2.07. The molecule has 2 N–H and O–H groups in total. The van der Waals surface area contributed by atoms with Gasteiger partial charge in [0.15, 0.2) is 0 Å². The number of hydrogen-bond acceptors (Lipinski definition) is 4. The minimum absolute atomic E-state index is 0.309. The van der Waals surface area contributed by atoms with E-state index in [0.29, 0.717) is 11.4 Å². The Bertz CT molecular complexity index is 598. The molecule has 2 aromatic heterocycles. The lowest BCUT2D eigenvalue weighted by atomic mass is 9.92. The van der Waals surface area contributed by atoms with Gasteiger partial charge in [-0.2, -0.15) is 0 Å². The number of thiophene rings is 2. The molecule has 1 aliphatic carbocycles. The van der Waals surface area contributed by atoms with Crippen LogP contribution in [0.25, 0.3) is 11.1 Å². The lowest BCUT2D eigenvalue weighted by molar-refractivity contribution is 1.49. The molecule has 2 aromatic rings. The van der Waals surface area contributed by atoms with Crippen LogP contribution in [0.3, 0.4) is 0 Å². The molecule has 0 bridgehead atoms. The number of hydrogen-bond donors (Lipinski definition) is 2. The van der Waals surface area contributed by atoms with Crippen molar-refractivity contribution in [2.45, 2.75) is 0 Å². The zero-order chi connectivity index (χ0) is 12.5. The Kier molecular flexibility index (Phi) is 2.81. The summed E-state index contributed by atoms with van der Waals surface area (Å²) in [7, 11) is 0. The Morgan fingerprint density at radius 1 is 0.722 bits per heavy atom. The van der Waals surface area contributed by atoms with E-state index in [9.17, 15) is 0 Å². The minimum atomic E-state index is 0.309. The molecule has 0 saturated heterocycles. The maximum Gasteiger partial charge on any atom is 0.0882 e. The highest BCUT2D eigenvalue weighted by atomic mass is 32.1. The van der Waals surface area contributed by atoms with E-state index in [1.165, 1.54) is 0 Å². The lowest BCUT2D eigenvalue weighted by Gasteiger charge is -2.15. The SMILES string of the molecule is N=C1C(=N)C(c2cccs2)=CC=C1c1cccs1. The van der Waals surface area contributed by atoms with Crippen molar-refractivity contribution in [2.24, 2.45) is 0 Å². The van der Waals surface area contributed by atoms with Crippen molar-refractivity contribution >= 4 is 45.2 Å². The molecule has 0 aromatic carbocycles. The normalized spacial score (nSPS) is 15.6. The van der Waals surface area contributed by atoms with Gasteiger partial charge >= 0.3 is 0 Å². The molecule has 18 heavy (non-hydrogen) atoms. The highest BCUT2D eigenvalue weighted by molar-refractivity contribution is 7.12. The van der Waals surface area contributed by atoms with E-state index in [4.69, 9.17) is 10.8 Å². The van der Waals surface area contributed by atoms with Crippen molar-refractivity contribution in [3.05, 3.63) is 56.9 Å². The summed E-state index contributed by atoms with van der Waals surface area (Å²) >= 11 is 3.20. The van der Waals surface area contributed by atoms with Gasteiger partial charge in [-0.15, -0.1) is 22.7 Å². The summed E-state index contributed by atoms with van der Waals surface area (Å²) in [6.45, 7) is 0. The molecular formula is C14H10N2S2. The summed E-state index contributed by atoms with van der Waals surface area (Å²) in [6.07, 6.45) is 3.89. The maximum absolute atomic E-state index is 8.14. The molecule has 88 valence electrons. The van der Waals surface area contributed by atoms with Gasteiger partial charge < -0.3 is 0 Å². The van der Waals surface area contributed by atoms with Gasteiger partial charge in [-0.1, -0.05) is 24.3 Å². The van der Waals surface area contributed by atoms with Crippen LogP contribution in [0.1, 0.15) is 9.75 Å². The van der Waals surface area contributed by atoms with Gasteiger partial charge in [0.05, 0.1) is 11.4 Å². The van der Waals surface area contributed by atoms with Crippen LogP contribution in [0.15, 0.2) is 47.2 Å². The van der Waals surface area contributed by atoms with Gasteiger partial charge in [0.1, 0.15) is 0 Å². The van der Waals surface area contributed by atoms with Crippen molar-refractivity contribution < 1.29 is 0 Å². The quantitative estimate of drug-likeness (QED) is 0.763. The van der Waals surface area contributed by atoms with Crippen molar-refractivity contribution in [2.75, 3.05) is 0 Å². The Labute approximate surface area is 113 Å². The highest BCUT2D eigenvalue weighted by Crippen LogP contribution is 2.31. The molecular weight excluding hydrogens is 260 g/mol. The van der Waals surface area contributed by atoms with E-state index in [1.54, 1.807) is 22.7 Å². The third-order valence-corrected chi connectivity index (χ3v) is 4.58. The average Bonchev–Trinajstić information content (AvgIpc) is 3.03. The number of nitrogens with one attached hydrogen (secondary N) is 2. The van der Waals surface area contributed by atoms with Crippen LogP contribution in [0, 0.1) is 10.8 Å². The van der Waals surface area contributed by atoms with E-state index in [0.717, 1.165) is 20.9 Å². The van der Waals surface area contributed by atoms with Gasteiger partial charge in [0.25, 0.3) is 0 Å². The van der Waals surface area contributed by atoms with E-state index in [2.05, 4.69) is 0 Å². The van der Waals surface area contributed by atoms with Crippen LogP contribution in [-0.2, 0) is 0 Å². The van der Waals surface area contributed by atoms with Crippen LogP contribution in [0.4, 0.5) is 0 Å². The molecule has 1 aliphatic rings. The average molecular weight is 270 g/mol. The van der Waals surface area contributed by atoms with Crippen LogP contribution < -0.4 is 0 Å². The van der Waals surface area contributed by atoms with Crippen molar-refractivity contribution in [3.63, 3.8) is 0 Å². The minimum Gasteiger partial charge on any atom is -0.298 e. The molecule has 0 radical (unpaired) electrons. The predicted molar refractivity (Wildman–Crippen MR) is 80.0 cm³/mol. The largest absolute Gasteiger partial charge is 0.298 e. The monoisotopic (exact) mass is 270 g/mol. The lowest BCUT2D eigenvalue weighted by Crippen LogP contribution is -2.17. The maximum atomic E-state index is 8.14. The second-order valence-electron chi connectivity index (χ2n) is 3.87. The summed E-state index contributed by atoms with van der Waals surface area (Å²) in [6, 6.07) is 7.91. The summed E-state index contributed by atoms with van der Waals surface area (Å²) in [5, 5.41) is 20.3. The van der Waals surface area contributed by atoms with Crippen molar-refractivity contribution in [1.82, 2.24) is 0 Å². The van der Waals surface area contributed by atoms with E-state index in [1.807, 2.05) is 47.2 Å². The fourth-order valence-electron chi connectivity index (χ4n) is 1.88. The van der Waals surface area contributed by atoms with E-state index >= 15 is 0 Å². The Morgan fingerprint density at radius 2 is 1.17 bits per heavy atom. The first-order valence-electron chi connectivity index (χ1n) is 5.45. The number of rotatable bonds is 2. The summed E-state index contributed by atoms with van der Waals surface area (Å²) in [4.78, 5) is 2.09. The van der Waals surface area contributed by atoms with Crippen LogP contribution in [-0.4, -0.2) is 11.4 Å². The van der Waals surface area contributed by atoms with Crippen LogP contribution in [0.2, 0.25) is 0 Å². The van der Waals surface area contributed by atoms with Gasteiger partial charge in [-0.3, -0.25) is 10.8 Å². The molecule has 0 saturated carbocycles. The van der Waals surface area contributed by atoms with Gasteiger partial charge in [0.2, 0.25) is 0 Å². The molecule has 0 amide bonds. The Hall–Kier alpha value is -1.78. The van der Waals surface area contributed by atoms with Crippen LogP contribution in [0.5, 0.6) is 0 Å². The first-order valence-corrected chi connectivity index (χ1v) is 7.21. The Morgan fingerprint density at radius 3 is 1.50 bits per heavy atom. The van der Waals surface area contributed by atoms with Gasteiger partial charge in [-0.05, 0) is 22.9 Å². The zero-order valence-corrected chi connectivity index (χ0v) is 11.1. The van der Waals surface area contributed by atoms with E-state index < -0.39 is 0 Å². The summed E-state index contributed by atoms with van der Waals surface area (Å²) in [5.41, 5.74) is 2.30. The van der Waals surface area contributed by atoms with Crippen molar-refractivity contribution in [1.29, 1.82) is 10.8 Å². The molecule has 0 atom stereocenters. The molecule has 2 heterocycles. The third kappa shape index (κ3) is 1.79. The smallest absolute Gasteiger partial charge is 0.0882 e. The summed E-state index contributed by atoms with van der Waals surface area (Å²) < 4.78 is 0.